The molecule has 0 fully saturated rings. The van der Waals surface area contributed by atoms with Gasteiger partial charge in [0.05, 0.1) is 17.2 Å². The second-order valence-corrected chi connectivity index (χ2v) is 8.21. The van der Waals surface area contributed by atoms with Crippen molar-refractivity contribution in [2.45, 2.75) is 43.5 Å². The van der Waals surface area contributed by atoms with Crippen LogP contribution in [-0.4, -0.2) is 34.4 Å². The second kappa shape index (κ2) is 8.00. The standard InChI is InChI=1S/C14H22N2O2S3/c1-14(2,3)18-11(17)7-8-16(13(15)19)9-10-5-6-12(20-4)21-10/h5-6H,7-9H2,1-4H3,(H2,15,19). The molecule has 0 aliphatic rings. The molecule has 1 rings (SSSR count). The number of thiocarbonyl (C=S) groups is 1. The van der Waals surface area contributed by atoms with E-state index in [4.69, 9.17) is 22.7 Å². The summed E-state index contributed by atoms with van der Waals surface area (Å²) in [6.45, 7) is 6.66. The molecule has 0 radical (unpaired) electrons. The summed E-state index contributed by atoms with van der Waals surface area (Å²) in [6.07, 6.45) is 2.32. The van der Waals surface area contributed by atoms with Gasteiger partial charge in [-0.1, -0.05) is 0 Å². The van der Waals surface area contributed by atoms with Crippen LogP contribution in [-0.2, 0) is 16.1 Å². The molecule has 0 bridgehead atoms. The molecule has 0 saturated carbocycles. The molecule has 0 spiro atoms. The third-order valence-corrected chi connectivity index (χ3v) is 4.91. The Morgan fingerprint density at radius 2 is 2.14 bits per heavy atom. The van der Waals surface area contributed by atoms with E-state index in [-0.39, 0.29) is 12.4 Å². The molecule has 118 valence electrons. The van der Waals surface area contributed by atoms with Crippen molar-refractivity contribution in [1.29, 1.82) is 0 Å². The number of rotatable bonds is 6. The minimum Gasteiger partial charge on any atom is -0.460 e. The zero-order chi connectivity index (χ0) is 16.0. The molecular weight excluding hydrogens is 324 g/mol. The lowest BCUT2D eigenvalue weighted by atomic mass is 10.2. The zero-order valence-corrected chi connectivity index (χ0v) is 15.3. The van der Waals surface area contributed by atoms with Crippen LogP contribution >= 0.6 is 35.3 Å². The maximum absolute atomic E-state index is 11.8. The fraction of sp³-hybridized carbons (Fsp3) is 0.571. The maximum Gasteiger partial charge on any atom is 0.308 e. The highest BCUT2D eigenvalue weighted by Gasteiger charge is 2.18. The van der Waals surface area contributed by atoms with Gasteiger partial charge >= 0.3 is 5.97 Å². The minimum absolute atomic E-state index is 0.236. The monoisotopic (exact) mass is 346 g/mol. The molecule has 0 saturated heterocycles. The number of thioether (sulfide) groups is 1. The van der Waals surface area contributed by atoms with E-state index in [2.05, 4.69) is 12.1 Å². The lowest BCUT2D eigenvalue weighted by Gasteiger charge is -2.23. The molecular formula is C14H22N2O2S3. The van der Waals surface area contributed by atoms with Gasteiger partial charge in [-0.25, -0.2) is 0 Å². The number of hydrogen-bond acceptors (Lipinski definition) is 5. The van der Waals surface area contributed by atoms with Gasteiger partial charge in [0, 0.05) is 11.4 Å². The van der Waals surface area contributed by atoms with Crippen LogP contribution in [0.25, 0.3) is 0 Å². The molecule has 0 aliphatic heterocycles. The van der Waals surface area contributed by atoms with Crippen LogP contribution < -0.4 is 5.73 Å². The van der Waals surface area contributed by atoms with Gasteiger partial charge < -0.3 is 15.4 Å². The van der Waals surface area contributed by atoms with Crippen LogP contribution in [0.5, 0.6) is 0 Å². The Balaban J connectivity index is 2.54. The third kappa shape index (κ3) is 7.15. The van der Waals surface area contributed by atoms with Gasteiger partial charge in [0.2, 0.25) is 0 Å². The van der Waals surface area contributed by atoms with Crippen molar-refractivity contribution in [3.63, 3.8) is 0 Å². The Morgan fingerprint density at radius 3 is 2.62 bits per heavy atom. The van der Waals surface area contributed by atoms with Crippen molar-refractivity contribution in [2.24, 2.45) is 5.73 Å². The Labute approximate surface area is 140 Å². The number of carbonyl (C=O) groups is 1. The number of hydrogen-bond donors (Lipinski definition) is 1. The summed E-state index contributed by atoms with van der Waals surface area (Å²) in [5.74, 6) is -0.236. The van der Waals surface area contributed by atoms with Crippen LogP contribution in [0.3, 0.4) is 0 Å². The quantitative estimate of drug-likeness (QED) is 0.485. The van der Waals surface area contributed by atoms with E-state index in [9.17, 15) is 4.79 Å². The van der Waals surface area contributed by atoms with Crippen LogP contribution in [0.1, 0.15) is 32.1 Å². The number of esters is 1. The summed E-state index contributed by atoms with van der Waals surface area (Å²) in [5.41, 5.74) is 5.28. The number of thiophene rings is 1. The van der Waals surface area contributed by atoms with E-state index < -0.39 is 5.60 Å². The smallest absolute Gasteiger partial charge is 0.308 e. The average molecular weight is 347 g/mol. The van der Waals surface area contributed by atoms with Gasteiger partial charge in [-0.05, 0) is 51.4 Å². The zero-order valence-electron chi connectivity index (χ0n) is 12.8. The molecule has 1 aromatic rings. The van der Waals surface area contributed by atoms with E-state index in [0.29, 0.717) is 18.2 Å². The van der Waals surface area contributed by atoms with E-state index in [1.807, 2.05) is 31.9 Å². The first-order chi connectivity index (χ1) is 9.71. The summed E-state index contributed by atoms with van der Waals surface area (Å²) in [5, 5.41) is 0.303. The van der Waals surface area contributed by atoms with Gasteiger partial charge in [0.1, 0.15) is 5.60 Å². The van der Waals surface area contributed by atoms with Crippen molar-refractivity contribution in [3.05, 3.63) is 17.0 Å². The number of nitrogens with zero attached hydrogens (tertiary/aromatic N) is 1. The molecule has 2 N–H and O–H groups in total. The van der Waals surface area contributed by atoms with Crippen LogP contribution in [0, 0.1) is 0 Å². The van der Waals surface area contributed by atoms with E-state index >= 15 is 0 Å². The topological polar surface area (TPSA) is 55.6 Å². The molecule has 0 unspecified atom stereocenters. The molecule has 21 heavy (non-hydrogen) atoms. The third-order valence-electron chi connectivity index (χ3n) is 2.50. The summed E-state index contributed by atoms with van der Waals surface area (Å²) in [4.78, 5) is 14.8. The highest BCUT2D eigenvalue weighted by molar-refractivity contribution is 8.00. The molecule has 0 aliphatic carbocycles. The Morgan fingerprint density at radius 1 is 1.48 bits per heavy atom. The molecule has 4 nitrogen and oxygen atoms in total. The summed E-state index contributed by atoms with van der Waals surface area (Å²) < 4.78 is 6.54. The Kier molecular flexibility index (Phi) is 6.96. The normalized spacial score (nSPS) is 11.2. The van der Waals surface area contributed by atoms with Gasteiger partial charge in [-0.2, -0.15) is 0 Å². The second-order valence-electron chi connectivity index (χ2n) is 5.52. The van der Waals surface area contributed by atoms with Crippen molar-refractivity contribution in [2.75, 3.05) is 12.8 Å². The number of nitrogens with two attached hydrogens (primary N) is 1. The molecule has 1 aromatic heterocycles. The van der Waals surface area contributed by atoms with Crippen molar-refractivity contribution < 1.29 is 9.53 Å². The first-order valence-corrected chi connectivity index (χ1v) is 9.05. The largest absolute Gasteiger partial charge is 0.460 e. The van der Waals surface area contributed by atoms with E-state index in [1.54, 1.807) is 23.1 Å². The molecule has 1 heterocycles. The predicted octanol–water partition coefficient (Wildman–Crippen LogP) is 3.25. The molecule has 0 aromatic carbocycles. The first kappa shape index (κ1) is 18.3. The maximum atomic E-state index is 11.8. The summed E-state index contributed by atoms with van der Waals surface area (Å²) >= 11 is 8.49. The molecule has 0 amide bonds. The average Bonchev–Trinajstić information content (AvgIpc) is 2.79. The predicted molar refractivity (Wildman–Crippen MR) is 93.8 cm³/mol. The number of carbonyl (C=O) groups excluding carboxylic acids is 1. The minimum atomic E-state index is -0.466. The summed E-state index contributed by atoms with van der Waals surface area (Å²) in [7, 11) is 0. The van der Waals surface area contributed by atoms with Crippen molar-refractivity contribution in [3.8, 4) is 0 Å². The van der Waals surface area contributed by atoms with Crippen molar-refractivity contribution in [1.82, 2.24) is 4.90 Å². The lowest BCUT2D eigenvalue weighted by Crippen LogP contribution is -2.37. The number of ether oxygens (including phenoxy) is 1. The van der Waals surface area contributed by atoms with Crippen LogP contribution in [0.15, 0.2) is 16.3 Å². The molecule has 0 atom stereocenters. The van der Waals surface area contributed by atoms with Gasteiger partial charge in [0.15, 0.2) is 5.11 Å². The molecule has 7 heteroatoms. The van der Waals surface area contributed by atoms with Crippen LogP contribution in [0.4, 0.5) is 0 Å². The van der Waals surface area contributed by atoms with Crippen LogP contribution in [0.2, 0.25) is 0 Å². The SMILES string of the molecule is CSc1ccc(CN(CCC(=O)OC(C)(C)C)C(N)=S)s1. The fourth-order valence-electron chi connectivity index (χ4n) is 1.63. The lowest BCUT2D eigenvalue weighted by molar-refractivity contribution is -0.154. The Bertz CT molecular complexity index is 495. The van der Waals surface area contributed by atoms with E-state index in [1.165, 1.54) is 9.09 Å². The highest BCUT2D eigenvalue weighted by Crippen LogP contribution is 2.26. The van der Waals surface area contributed by atoms with Gasteiger partial charge in [0.25, 0.3) is 0 Å². The van der Waals surface area contributed by atoms with E-state index in [0.717, 1.165) is 0 Å². The highest BCUT2D eigenvalue weighted by atomic mass is 32.2. The summed E-state index contributed by atoms with van der Waals surface area (Å²) in [6, 6.07) is 4.14. The van der Waals surface area contributed by atoms with Gasteiger partial charge in [-0.15, -0.1) is 23.1 Å². The fourth-order valence-corrected chi connectivity index (χ4v) is 3.39. The Hall–Kier alpha value is -0.790. The van der Waals surface area contributed by atoms with Gasteiger partial charge in [-0.3, -0.25) is 4.79 Å². The van der Waals surface area contributed by atoms with Crippen molar-refractivity contribution >= 4 is 46.4 Å². The first-order valence-electron chi connectivity index (χ1n) is 6.60.